The summed E-state index contributed by atoms with van der Waals surface area (Å²) >= 11 is 5.25. The van der Waals surface area contributed by atoms with Crippen LogP contribution in [0.3, 0.4) is 0 Å². The second kappa shape index (κ2) is 6.36. The number of halogens is 1. The molecule has 0 aliphatic rings. The van der Waals surface area contributed by atoms with E-state index in [1.54, 1.807) is 11.8 Å². The summed E-state index contributed by atoms with van der Waals surface area (Å²) in [6.07, 6.45) is 1.93. The van der Waals surface area contributed by atoms with Crippen molar-refractivity contribution in [3.63, 3.8) is 0 Å². The molecule has 0 saturated carbocycles. The summed E-state index contributed by atoms with van der Waals surface area (Å²) in [7, 11) is 1.94. The van der Waals surface area contributed by atoms with Crippen molar-refractivity contribution in [3.05, 3.63) is 52.1 Å². The Morgan fingerprint density at radius 2 is 2.11 bits per heavy atom. The van der Waals surface area contributed by atoms with E-state index in [4.69, 9.17) is 0 Å². The highest BCUT2D eigenvalue weighted by Crippen LogP contribution is 2.33. The molecule has 94 valence electrons. The Hall–Kier alpha value is -0.840. The van der Waals surface area contributed by atoms with E-state index in [1.165, 1.54) is 16.0 Å². The van der Waals surface area contributed by atoms with Crippen molar-refractivity contribution in [2.24, 2.45) is 0 Å². The van der Waals surface area contributed by atoms with E-state index in [0.29, 0.717) is 0 Å². The highest BCUT2D eigenvalue weighted by Gasteiger charge is 2.06. The fourth-order valence-electron chi connectivity index (χ4n) is 1.66. The molecule has 1 N–H and O–H groups in total. The maximum absolute atomic E-state index is 4.54. The lowest BCUT2D eigenvalue weighted by molar-refractivity contribution is 0.806. The van der Waals surface area contributed by atoms with Crippen molar-refractivity contribution in [3.8, 4) is 0 Å². The van der Waals surface area contributed by atoms with E-state index < -0.39 is 0 Å². The normalized spacial score (nSPS) is 10.6. The molecular weight excluding hydrogens is 308 g/mol. The number of nitrogens with one attached hydrogen (secondary N) is 1. The fourth-order valence-corrected chi connectivity index (χ4v) is 3.03. The molecule has 1 heterocycles. The molecule has 0 fully saturated rings. The minimum atomic E-state index is 0.855. The van der Waals surface area contributed by atoms with Gasteiger partial charge in [0, 0.05) is 22.1 Å². The first-order chi connectivity index (χ1) is 8.70. The molecule has 1 aromatic heterocycles. The van der Waals surface area contributed by atoms with Crippen molar-refractivity contribution >= 4 is 27.7 Å². The van der Waals surface area contributed by atoms with Crippen LogP contribution in [-0.2, 0) is 6.54 Å². The molecule has 18 heavy (non-hydrogen) atoms. The topological polar surface area (TPSA) is 24.9 Å². The fraction of sp³-hybridized carbons (Fsp3) is 0.214. The van der Waals surface area contributed by atoms with Crippen LogP contribution in [0.4, 0.5) is 0 Å². The van der Waals surface area contributed by atoms with Crippen LogP contribution >= 0.6 is 27.7 Å². The minimum Gasteiger partial charge on any atom is -0.316 e. The van der Waals surface area contributed by atoms with Crippen molar-refractivity contribution in [1.82, 2.24) is 10.3 Å². The highest BCUT2D eigenvalue weighted by atomic mass is 79.9. The predicted octanol–water partition coefficient (Wildman–Crippen LogP) is 4.02. The molecule has 0 aliphatic heterocycles. The van der Waals surface area contributed by atoms with Crippen LogP contribution in [0.25, 0.3) is 0 Å². The summed E-state index contributed by atoms with van der Waals surface area (Å²) in [6.45, 7) is 2.96. The van der Waals surface area contributed by atoms with Crippen LogP contribution in [0.1, 0.15) is 11.1 Å². The third-order valence-corrected chi connectivity index (χ3v) is 4.66. The molecular formula is C14H15BrN2S. The van der Waals surface area contributed by atoms with Crippen LogP contribution in [0, 0.1) is 6.92 Å². The third-order valence-electron chi connectivity index (χ3n) is 2.51. The van der Waals surface area contributed by atoms with Crippen LogP contribution < -0.4 is 5.32 Å². The van der Waals surface area contributed by atoms with Crippen LogP contribution in [0.2, 0.25) is 0 Å². The average molecular weight is 323 g/mol. The summed E-state index contributed by atoms with van der Waals surface area (Å²) in [4.78, 5) is 5.72. The molecule has 0 radical (unpaired) electrons. The molecule has 2 rings (SSSR count). The van der Waals surface area contributed by atoms with Crippen LogP contribution in [-0.4, -0.2) is 12.0 Å². The second-order valence-corrected chi connectivity index (χ2v) is 5.91. The van der Waals surface area contributed by atoms with E-state index in [-0.39, 0.29) is 0 Å². The standard InChI is InChI=1S/C14H15BrN2S/c1-10-7-11(8-16-2)9-17-14(10)18-13-6-4-3-5-12(13)15/h3-7,9,16H,8H2,1-2H3. The van der Waals surface area contributed by atoms with Gasteiger partial charge in [-0.3, -0.25) is 0 Å². The Balaban J connectivity index is 2.22. The zero-order valence-electron chi connectivity index (χ0n) is 10.4. The lowest BCUT2D eigenvalue weighted by Crippen LogP contribution is -2.05. The summed E-state index contributed by atoms with van der Waals surface area (Å²) < 4.78 is 1.11. The van der Waals surface area contributed by atoms with Gasteiger partial charge in [0.2, 0.25) is 0 Å². The van der Waals surface area contributed by atoms with Crippen LogP contribution in [0.5, 0.6) is 0 Å². The van der Waals surface area contributed by atoms with Gasteiger partial charge in [0.1, 0.15) is 5.03 Å². The minimum absolute atomic E-state index is 0.855. The number of nitrogens with zero attached hydrogens (tertiary/aromatic N) is 1. The van der Waals surface area contributed by atoms with Gasteiger partial charge in [0.25, 0.3) is 0 Å². The van der Waals surface area contributed by atoms with E-state index in [0.717, 1.165) is 16.0 Å². The molecule has 0 unspecified atom stereocenters. The summed E-state index contributed by atoms with van der Waals surface area (Å²) in [6, 6.07) is 10.4. The van der Waals surface area contributed by atoms with Gasteiger partial charge in [-0.2, -0.15) is 0 Å². The van der Waals surface area contributed by atoms with E-state index >= 15 is 0 Å². The van der Waals surface area contributed by atoms with Gasteiger partial charge in [0.05, 0.1) is 0 Å². The lowest BCUT2D eigenvalue weighted by Gasteiger charge is -2.08. The SMILES string of the molecule is CNCc1cnc(Sc2ccccc2Br)c(C)c1. The molecule has 0 bridgehead atoms. The Kier molecular flexibility index (Phi) is 4.80. The zero-order chi connectivity index (χ0) is 13.0. The summed E-state index contributed by atoms with van der Waals surface area (Å²) in [5.74, 6) is 0. The predicted molar refractivity (Wildman–Crippen MR) is 80.0 cm³/mol. The summed E-state index contributed by atoms with van der Waals surface area (Å²) in [5.41, 5.74) is 2.43. The maximum Gasteiger partial charge on any atom is 0.104 e. The number of hydrogen-bond acceptors (Lipinski definition) is 3. The Labute approximate surface area is 120 Å². The van der Waals surface area contributed by atoms with Gasteiger partial charge >= 0.3 is 0 Å². The highest BCUT2D eigenvalue weighted by molar-refractivity contribution is 9.10. The smallest absolute Gasteiger partial charge is 0.104 e. The van der Waals surface area contributed by atoms with E-state index in [2.05, 4.69) is 45.3 Å². The van der Waals surface area contributed by atoms with Crippen molar-refractivity contribution in [2.45, 2.75) is 23.4 Å². The molecule has 0 amide bonds. The quantitative estimate of drug-likeness (QED) is 0.920. The zero-order valence-corrected chi connectivity index (χ0v) is 12.8. The first kappa shape index (κ1) is 13.6. The first-order valence-electron chi connectivity index (χ1n) is 5.73. The second-order valence-electron chi connectivity index (χ2n) is 4.03. The number of benzene rings is 1. The largest absolute Gasteiger partial charge is 0.316 e. The lowest BCUT2D eigenvalue weighted by atomic mass is 10.2. The van der Waals surface area contributed by atoms with Gasteiger partial charge in [0.15, 0.2) is 0 Å². The Bertz CT molecular complexity index is 543. The third kappa shape index (κ3) is 3.34. The average Bonchev–Trinajstić information content (AvgIpc) is 2.35. The van der Waals surface area contributed by atoms with Gasteiger partial charge in [-0.1, -0.05) is 30.0 Å². The molecule has 0 saturated heterocycles. The number of aryl methyl sites for hydroxylation is 1. The molecule has 0 spiro atoms. The number of rotatable bonds is 4. The van der Waals surface area contributed by atoms with E-state index in [9.17, 15) is 0 Å². The molecule has 4 heteroatoms. The first-order valence-corrected chi connectivity index (χ1v) is 7.34. The van der Waals surface area contributed by atoms with Crippen molar-refractivity contribution < 1.29 is 0 Å². The van der Waals surface area contributed by atoms with Gasteiger partial charge in [-0.25, -0.2) is 4.98 Å². The number of hydrogen-bond donors (Lipinski definition) is 1. The van der Waals surface area contributed by atoms with Gasteiger partial charge < -0.3 is 5.32 Å². The Morgan fingerprint density at radius 3 is 2.78 bits per heavy atom. The number of aromatic nitrogens is 1. The molecule has 0 atom stereocenters. The Morgan fingerprint density at radius 1 is 1.33 bits per heavy atom. The molecule has 0 aliphatic carbocycles. The summed E-state index contributed by atoms with van der Waals surface area (Å²) in [5, 5.41) is 4.19. The van der Waals surface area contributed by atoms with E-state index in [1.807, 2.05) is 31.4 Å². The molecule has 1 aromatic carbocycles. The maximum atomic E-state index is 4.54. The monoisotopic (exact) mass is 322 g/mol. The van der Waals surface area contributed by atoms with Crippen molar-refractivity contribution in [1.29, 1.82) is 0 Å². The number of pyridine rings is 1. The van der Waals surface area contributed by atoms with Gasteiger partial charge in [-0.05, 0) is 53.2 Å². The molecule has 2 nitrogen and oxygen atoms in total. The van der Waals surface area contributed by atoms with Gasteiger partial charge in [-0.15, -0.1) is 0 Å². The van der Waals surface area contributed by atoms with Crippen LogP contribution in [0.15, 0.2) is 50.9 Å². The molecule has 2 aromatic rings. The van der Waals surface area contributed by atoms with Crippen molar-refractivity contribution in [2.75, 3.05) is 7.05 Å².